The molecule has 0 radical (unpaired) electrons. The van der Waals surface area contributed by atoms with E-state index in [0.29, 0.717) is 0 Å². The first-order chi connectivity index (χ1) is 16.9. The molecule has 15 atom stereocenters. The van der Waals surface area contributed by atoms with Gasteiger partial charge in [-0.3, -0.25) is 4.79 Å². The van der Waals surface area contributed by atoms with E-state index in [1.807, 2.05) is 0 Å². The van der Waals surface area contributed by atoms with E-state index in [4.69, 9.17) is 23.7 Å². The number of aliphatic hydroxyl groups is 9. The van der Waals surface area contributed by atoms with Crippen LogP contribution in [0.5, 0.6) is 0 Å². The molecule has 16 heteroatoms. The Balaban J connectivity index is 1.89. The molecule has 3 heterocycles. The van der Waals surface area contributed by atoms with Gasteiger partial charge >= 0.3 is 0 Å². The Labute approximate surface area is 205 Å². The fraction of sp³-hybridized carbons (Fsp3) is 0.950. The van der Waals surface area contributed by atoms with Crippen molar-refractivity contribution in [3.8, 4) is 0 Å². The van der Waals surface area contributed by atoms with Gasteiger partial charge in [0.2, 0.25) is 5.91 Å². The molecule has 3 rings (SSSR count). The third-order valence-electron chi connectivity index (χ3n) is 6.46. The quantitative estimate of drug-likeness (QED) is 0.147. The molecule has 210 valence electrons. The fourth-order valence-electron chi connectivity index (χ4n) is 4.38. The number of nitrogens with one attached hydrogen (secondary N) is 1. The molecule has 0 bridgehead atoms. The summed E-state index contributed by atoms with van der Waals surface area (Å²) in [5, 5.41) is 93.8. The standard InChI is InChI=1S/C20H35NO15/c1-5-10(25)13(28)15(30)19(32-5)36-17-14(29)11(26)7(3-22)34-20(17)35-16-9(21-6(2)24)18(31)33-8(4-23)12(16)27/h5,7-20,22-23,25-31H,3-4H2,1-2H3,(H,21,24)/t5-,7-,8-,9+,10-,11+,12-,13+,14-,15-,16+,17-,18+,19+,20+/m1/s1. The minimum Gasteiger partial charge on any atom is -0.394 e. The summed E-state index contributed by atoms with van der Waals surface area (Å²) >= 11 is 0. The van der Waals surface area contributed by atoms with Crippen LogP contribution >= 0.6 is 0 Å². The minimum atomic E-state index is -1.83. The molecular formula is C20H35NO15. The Morgan fingerprint density at radius 3 is 1.89 bits per heavy atom. The van der Waals surface area contributed by atoms with Gasteiger partial charge in [-0.2, -0.15) is 0 Å². The van der Waals surface area contributed by atoms with Crippen molar-refractivity contribution < 1.29 is 74.4 Å². The topological polar surface area (TPSA) is 257 Å². The monoisotopic (exact) mass is 529 g/mol. The van der Waals surface area contributed by atoms with Crippen molar-refractivity contribution in [3.05, 3.63) is 0 Å². The van der Waals surface area contributed by atoms with Gasteiger partial charge in [0.25, 0.3) is 0 Å². The Hall–Kier alpha value is -1.09. The lowest BCUT2D eigenvalue weighted by Crippen LogP contribution is -2.68. The summed E-state index contributed by atoms with van der Waals surface area (Å²) in [6.07, 6.45) is -22.2. The first-order valence-corrected chi connectivity index (χ1v) is 11.4. The summed E-state index contributed by atoms with van der Waals surface area (Å²) in [6.45, 7) is 1.00. The van der Waals surface area contributed by atoms with Crippen LogP contribution < -0.4 is 5.32 Å². The average Bonchev–Trinajstić information content (AvgIpc) is 2.83. The average molecular weight is 529 g/mol. The zero-order chi connectivity index (χ0) is 26.9. The molecule has 3 saturated heterocycles. The number of carbonyl (C=O) groups is 1. The number of ether oxygens (including phenoxy) is 5. The molecule has 0 spiro atoms. The highest BCUT2D eigenvalue weighted by molar-refractivity contribution is 5.73. The van der Waals surface area contributed by atoms with Gasteiger partial charge < -0.3 is 75.0 Å². The summed E-state index contributed by atoms with van der Waals surface area (Å²) in [5.41, 5.74) is 0. The summed E-state index contributed by atoms with van der Waals surface area (Å²) in [4.78, 5) is 11.7. The van der Waals surface area contributed by atoms with Crippen molar-refractivity contribution in [2.75, 3.05) is 13.2 Å². The van der Waals surface area contributed by atoms with Crippen LogP contribution in [0.1, 0.15) is 13.8 Å². The molecule has 0 saturated carbocycles. The Bertz CT molecular complexity index is 731. The molecule has 0 aromatic rings. The van der Waals surface area contributed by atoms with E-state index in [1.54, 1.807) is 0 Å². The van der Waals surface area contributed by atoms with Crippen molar-refractivity contribution in [2.24, 2.45) is 0 Å². The van der Waals surface area contributed by atoms with Crippen LogP contribution in [-0.2, 0) is 28.5 Å². The minimum absolute atomic E-state index is 0.632. The highest BCUT2D eigenvalue weighted by Crippen LogP contribution is 2.32. The molecular weight excluding hydrogens is 494 g/mol. The lowest BCUT2D eigenvalue weighted by molar-refractivity contribution is -0.380. The first kappa shape index (κ1) is 29.5. The lowest BCUT2D eigenvalue weighted by Gasteiger charge is -2.48. The molecule has 1 amide bonds. The van der Waals surface area contributed by atoms with Crippen molar-refractivity contribution in [3.63, 3.8) is 0 Å². The fourth-order valence-corrected chi connectivity index (χ4v) is 4.38. The summed E-state index contributed by atoms with van der Waals surface area (Å²) in [7, 11) is 0. The molecule has 0 aliphatic carbocycles. The smallest absolute Gasteiger partial charge is 0.217 e. The molecule has 3 fully saturated rings. The summed E-state index contributed by atoms with van der Waals surface area (Å²) in [6, 6.07) is -1.39. The van der Waals surface area contributed by atoms with Gasteiger partial charge in [-0.25, -0.2) is 0 Å². The predicted octanol–water partition coefficient (Wildman–Crippen LogP) is -6.40. The number of hydrogen-bond acceptors (Lipinski definition) is 15. The second-order valence-corrected chi connectivity index (χ2v) is 9.05. The summed E-state index contributed by atoms with van der Waals surface area (Å²) < 4.78 is 27.4. The van der Waals surface area contributed by atoms with Crippen LogP contribution in [0.4, 0.5) is 0 Å². The zero-order valence-corrected chi connectivity index (χ0v) is 19.5. The Morgan fingerprint density at radius 2 is 1.31 bits per heavy atom. The molecule has 3 aliphatic rings. The van der Waals surface area contributed by atoms with Gasteiger partial charge in [0, 0.05) is 6.92 Å². The SMILES string of the molecule is CC(=O)N[C@H]1[C@H](O[C@@H]2O[C@H](CO)[C@H](O)[C@@H](O)[C@H]2O[C@@H]2O[C@H](C)[C@@H](O)[C@H](O)[C@H]2O)[C@H](O)[C@@H](CO)O[C@@H]1O. The molecule has 0 unspecified atom stereocenters. The second-order valence-electron chi connectivity index (χ2n) is 9.05. The van der Waals surface area contributed by atoms with Gasteiger partial charge in [0.1, 0.15) is 67.1 Å². The van der Waals surface area contributed by atoms with Crippen LogP contribution in [0.2, 0.25) is 0 Å². The maximum absolute atomic E-state index is 11.7. The van der Waals surface area contributed by atoms with E-state index in [1.165, 1.54) is 6.92 Å². The third kappa shape index (κ3) is 5.97. The zero-order valence-electron chi connectivity index (χ0n) is 19.5. The summed E-state index contributed by atoms with van der Waals surface area (Å²) in [5.74, 6) is -0.632. The third-order valence-corrected chi connectivity index (χ3v) is 6.46. The molecule has 16 nitrogen and oxygen atoms in total. The molecule has 0 aromatic carbocycles. The molecule has 10 N–H and O–H groups in total. The number of rotatable bonds is 7. The highest BCUT2D eigenvalue weighted by atomic mass is 16.8. The van der Waals surface area contributed by atoms with Crippen LogP contribution in [0.25, 0.3) is 0 Å². The van der Waals surface area contributed by atoms with E-state index in [0.717, 1.165) is 6.92 Å². The first-order valence-electron chi connectivity index (χ1n) is 11.4. The van der Waals surface area contributed by atoms with Gasteiger partial charge in [0.05, 0.1) is 19.3 Å². The van der Waals surface area contributed by atoms with E-state index >= 15 is 0 Å². The number of carbonyl (C=O) groups excluding carboxylic acids is 1. The van der Waals surface area contributed by atoms with Gasteiger partial charge in [0.15, 0.2) is 18.9 Å². The largest absolute Gasteiger partial charge is 0.394 e. The highest BCUT2D eigenvalue weighted by Gasteiger charge is 2.53. The van der Waals surface area contributed by atoms with Crippen LogP contribution in [0, 0.1) is 0 Å². The van der Waals surface area contributed by atoms with Crippen molar-refractivity contribution in [2.45, 2.75) is 106 Å². The van der Waals surface area contributed by atoms with E-state index in [2.05, 4.69) is 5.32 Å². The van der Waals surface area contributed by atoms with E-state index < -0.39 is 111 Å². The molecule has 36 heavy (non-hydrogen) atoms. The van der Waals surface area contributed by atoms with Gasteiger partial charge in [-0.15, -0.1) is 0 Å². The lowest BCUT2D eigenvalue weighted by atomic mass is 9.95. The van der Waals surface area contributed by atoms with Crippen LogP contribution in [0.15, 0.2) is 0 Å². The van der Waals surface area contributed by atoms with Gasteiger partial charge in [-0.05, 0) is 6.92 Å². The number of aliphatic hydroxyl groups excluding tert-OH is 9. The van der Waals surface area contributed by atoms with Crippen LogP contribution in [0.3, 0.4) is 0 Å². The molecule has 3 aliphatic heterocycles. The van der Waals surface area contributed by atoms with Gasteiger partial charge in [-0.1, -0.05) is 0 Å². The van der Waals surface area contributed by atoms with Crippen molar-refractivity contribution in [1.82, 2.24) is 5.32 Å². The maximum Gasteiger partial charge on any atom is 0.217 e. The van der Waals surface area contributed by atoms with E-state index in [9.17, 15) is 50.8 Å². The molecule has 0 aromatic heterocycles. The van der Waals surface area contributed by atoms with Crippen LogP contribution in [-0.4, -0.2) is 157 Å². The maximum atomic E-state index is 11.7. The number of hydrogen-bond donors (Lipinski definition) is 10. The normalized spacial score (nSPS) is 50.0. The number of amides is 1. The van der Waals surface area contributed by atoms with Crippen molar-refractivity contribution >= 4 is 5.91 Å². The van der Waals surface area contributed by atoms with E-state index in [-0.39, 0.29) is 0 Å². The Morgan fingerprint density at radius 1 is 0.722 bits per heavy atom. The second kappa shape index (κ2) is 12.2. The predicted molar refractivity (Wildman–Crippen MR) is 111 cm³/mol. The Kier molecular flexibility index (Phi) is 9.97. The van der Waals surface area contributed by atoms with Crippen molar-refractivity contribution in [1.29, 1.82) is 0 Å².